The van der Waals surface area contributed by atoms with Gasteiger partial charge in [-0.3, -0.25) is 0 Å². The fraction of sp³-hybridized carbons (Fsp3) is 0.500. The number of rotatable bonds is 4. The second-order valence-electron chi connectivity index (χ2n) is 4.43. The van der Waals surface area contributed by atoms with Crippen molar-refractivity contribution in [3.8, 4) is 0 Å². The first-order valence-electron chi connectivity index (χ1n) is 5.87. The van der Waals surface area contributed by atoms with Gasteiger partial charge in [0, 0.05) is 11.8 Å². The van der Waals surface area contributed by atoms with Crippen LogP contribution in [-0.2, 0) is 10.0 Å². The van der Waals surface area contributed by atoms with Crippen LogP contribution in [0, 0.1) is 0 Å². The Kier molecular flexibility index (Phi) is 4.32. The van der Waals surface area contributed by atoms with Crippen molar-refractivity contribution in [3.63, 3.8) is 0 Å². The van der Waals surface area contributed by atoms with Crippen LogP contribution in [0.4, 0.5) is 0 Å². The molecule has 0 amide bonds. The Morgan fingerprint density at radius 1 is 1.39 bits per heavy atom. The molecule has 0 radical (unpaired) electrons. The minimum absolute atomic E-state index is 0.0384. The van der Waals surface area contributed by atoms with Gasteiger partial charge in [0.05, 0.1) is 11.0 Å². The lowest BCUT2D eigenvalue weighted by atomic mass is 10.1. The summed E-state index contributed by atoms with van der Waals surface area (Å²) < 4.78 is 26.9. The van der Waals surface area contributed by atoms with E-state index in [1.165, 1.54) is 12.1 Å². The lowest BCUT2D eigenvalue weighted by Crippen LogP contribution is -2.34. The van der Waals surface area contributed by atoms with Crippen LogP contribution in [0.3, 0.4) is 0 Å². The highest BCUT2D eigenvalue weighted by molar-refractivity contribution is 7.99. The molecule has 18 heavy (non-hydrogen) atoms. The van der Waals surface area contributed by atoms with Crippen molar-refractivity contribution < 1.29 is 13.5 Å². The Balaban J connectivity index is 2.13. The highest BCUT2D eigenvalue weighted by Crippen LogP contribution is 2.20. The zero-order chi connectivity index (χ0) is 13.2. The third kappa shape index (κ3) is 3.26. The SMILES string of the molecule is CC(O)c1ccc(S(=O)(=O)NC2CCSC2)cc1. The predicted octanol–water partition coefficient (Wildman–Crippen LogP) is 1.52. The molecule has 0 aliphatic carbocycles. The van der Waals surface area contributed by atoms with Crippen LogP contribution in [-0.4, -0.2) is 31.1 Å². The van der Waals surface area contributed by atoms with E-state index in [1.807, 2.05) is 0 Å². The molecule has 2 rings (SSSR count). The van der Waals surface area contributed by atoms with Gasteiger partial charge in [0.2, 0.25) is 10.0 Å². The Bertz CT molecular complexity index is 491. The molecular weight excluding hydrogens is 270 g/mol. The highest BCUT2D eigenvalue weighted by atomic mass is 32.2. The zero-order valence-electron chi connectivity index (χ0n) is 10.2. The fourth-order valence-corrected chi connectivity index (χ4v) is 4.37. The van der Waals surface area contributed by atoms with Crippen molar-refractivity contribution >= 4 is 21.8 Å². The Labute approximate surface area is 112 Å². The van der Waals surface area contributed by atoms with Gasteiger partial charge in [0.25, 0.3) is 0 Å². The summed E-state index contributed by atoms with van der Waals surface area (Å²) in [6.45, 7) is 1.65. The first-order chi connectivity index (χ1) is 8.49. The molecule has 1 heterocycles. The van der Waals surface area contributed by atoms with E-state index in [1.54, 1.807) is 30.8 Å². The van der Waals surface area contributed by atoms with Crippen molar-refractivity contribution in [2.45, 2.75) is 30.4 Å². The molecule has 2 unspecified atom stereocenters. The zero-order valence-corrected chi connectivity index (χ0v) is 11.8. The summed E-state index contributed by atoms with van der Waals surface area (Å²) in [5.41, 5.74) is 0.713. The van der Waals surface area contributed by atoms with Gasteiger partial charge in [-0.15, -0.1) is 0 Å². The smallest absolute Gasteiger partial charge is 0.240 e. The van der Waals surface area contributed by atoms with Gasteiger partial charge in [0.1, 0.15) is 0 Å². The first-order valence-corrected chi connectivity index (χ1v) is 8.51. The number of hydrogen-bond donors (Lipinski definition) is 2. The molecule has 4 nitrogen and oxygen atoms in total. The Morgan fingerprint density at radius 2 is 2.06 bits per heavy atom. The maximum Gasteiger partial charge on any atom is 0.240 e. The molecule has 0 bridgehead atoms. The van der Waals surface area contributed by atoms with E-state index in [9.17, 15) is 13.5 Å². The van der Waals surface area contributed by atoms with E-state index >= 15 is 0 Å². The first kappa shape index (κ1) is 13.9. The minimum Gasteiger partial charge on any atom is -0.389 e. The van der Waals surface area contributed by atoms with Crippen LogP contribution in [0.25, 0.3) is 0 Å². The molecular formula is C12H17NO3S2. The summed E-state index contributed by atoms with van der Waals surface area (Å²) in [7, 11) is -3.43. The largest absolute Gasteiger partial charge is 0.389 e. The van der Waals surface area contributed by atoms with Gasteiger partial charge in [0.15, 0.2) is 0 Å². The second-order valence-corrected chi connectivity index (χ2v) is 7.29. The molecule has 100 valence electrons. The van der Waals surface area contributed by atoms with Crippen LogP contribution in [0.15, 0.2) is 29.2 Å². The van der Waals surface area contributed by atoms with Gasteiger partial charge in [-0.25, -0.2) is 13.1 Å². The Morgan fingerprint density at radius 3 is 2.56 bits per heavy atom. The van der Waals surface area contributed by atoms with Crippen molar-refractivity contribution in [1.82, 2.24) is 4.72 Å². The van der Waals surface area contributed by atoms with Crippen LogP contribution in [0.5, 0.6) is 0 Å². The second kappa shape index (κ2) is 5.61. The summed E-state index contributed by atoms with van der Waals surface area (Å²) >= 11 is 1.76. The lowest BCUT2D eigenvalue weighted by Gasteiger charge is -2.12. The maximum absolute atomic E-state index is 12.1. The average molecular weight is 287 g/mol. The maximum atomic E-state index is 12.1. The number of aliphatic hydroxyl groups excluding tert-OH is 1. The molecule has 1 aliphatic rings. The van der Waals surface area contributed by atoms with Crippen LogP contribution in [0.2, 0.25) is 0 Å². The molecule has 1 aliphatic heterocycles. The summed E-state index contributed by atoms with van der Waals surface area (Å²) in [5.74, 6) is 1.85. The number of benzene rings is 1. The lowest BCUT2D eigenvalue weighted by molar-refractivity contribution is 0.199. The molecule has 0 spiro atoms. The van der Waals surface area contributed by atoms with Crippen molar-refractivity contribution in [2.75, 3.05) is 11.5 Å². The van der Waals surface area contributed by atoms with Crippen molar-refractivity contribution in [2.24, 2.45) is 0 Å². The molecule has 1 fully saturated rings. The molecule has 0 aromatic heterocycles. The summed E-state index contributed by atoms with van der Waals surface area (Å²) in [5, 5.41) is 9.38. The molecule has 1 aromatic carbocycles. The quantitative estimate of drug-likeness (QED) is 0.881. The number of hydrogen-bond acceptors (Lipinski definition) is 4. The molecule has 1 saturated heterocycles. The number of aliphatic hydroxyl groups is 1. The predicted molar refractivity (Wildman–Crippen MR) is 73.1 cm³/mol. The number of thioether (sulfide) groups is 1. The van der Waals surface area contributed by atoms with E-state index in [-0.39, 0.29) is 10.9 Å². The van der Waals surface area contributed by atoms with E-state index in [2.05, 4.69) is 4.72 Å². The summed E-state index contributed by atoms with van der Waals surface area (Å²) in [4.78, 5) is 0.254. The molecule has 2 atom stereocenters. The van der Waals surface area contributed by atoms with Crippen LogP contribution in [0.1, 0.15) is 25.0 Å². The summed E-state index contributed by atoms with van der Waals surface area (Å²) in [6, 6.07) is 6.39. The van der Waals surface area contributed by atoms with Gasteiger partial charge >= 0.3 is 0 Å². The average Bonchev–Trinajstić information content (AvgIpc) is 2.81. The molecule has 2 N–H and O–H groups in total. The molecule has 0 saturated carbocycles. The standard InChI is InChI=1S/C12H17NO3S2/c1-9(14)10-2-4-12(5-3-10)18(15,16)13-11-6-7-17-8-11/h2-5,9,11,13-14H,6-8H2,1H3. The van der Waals surface area contributed by atoms with E-state index in [4.69, 9.17) is 0 Å². The van der Waals surface area contributed by atoms with E-state index in [0.717, 1.165) is 17.9 Å². The summed E-state index contributed by atoms with van der Waals surface area (Å²) in [6.07, 6.45) is 0.302. The van der Waals surface area contributed by atoms with Gasteiger partial charge in [-0.2, -0.15) is 11.8 Å². The van der Waals surface area contributed by atoms with E-state index in [0.29, 0.717) is 5.56 Å². The highest BCUT2D eigenvalue weighted by Gasteiger charge is 2.23. The Hall–Kier alpha value is -0.560. The third-order valence-electron chi connectivity index (χ3n) is 2.92. The number of nitrogens with one attached hydrogen (secondary N) is 1. The third-order valence-corrected chi connectivity index (χ3v) is 5.62. The topological polar surface area (TPSA) is 66.4 Å². The monoisotopic (exact) mass is 287 g/mol. The van der Waals surface area contributed by atoms with Crippen molar-refractivity contribution in [3.05, 3.63) is 29.8 Å². The van der Waals surface area contributed by atoms with Crippen LogP contribution >= 0.6 is 11.8 Å². The minimum atomic E-state index is -3.43. The molecule has 6 heteroatoms. The van der Waals surface area contributed by atoms with E-state index < -0.39 is 16.1 Å². The molecule has 1 aromatic rings. The van der Waals surface area contributed by atoms with Crippen molar-refractivity contribution in [1.29, 1.82) is 0 Å². The fourth-order valence-electron chi connectivity index (χ4n) is 1.84. The van der Waals surface area contributed by atoms with Gasteiger partial charge < -0.3 is 5.11 Å². The van der Waals surface area contributed by atoms with Gasteiger partial charge in [-0.1, -0.05) is 12.1 Å². The van der Waals surface area contributed by atoms with Crippen LogP contribution < -0.4 is 4.72 Å². The van der Waals surface area contributed by atoms with Gasteiger partial charge in [-0.05, 0) is 36.8 Å². The normalized spacial score (nSPS) is 22.0. The number of sulfonamides is 1.